The predicted molar refractivity (Wildman–Crippen MR) is 61.8 cm³/mol. The number of nitrogens with zero attached hydrogens (tertiary/aromatic N) is 4. The molecule has 8 nitrogen and oxygen atoms in total. The zero-order valence-corrected chi connectivity index (χ0v) is 9.91. The molecule has 0 aliphatic heterocycles. The van der Waals surface area contributed by atoms with Crippen LogP contribution in [0, 0.1) is 6.92 Å². The van der Waals surface area contributed by atoms with Crippen molar-refractivity contribution in [1.29, 1.82) is 0 Å². The van der Waals surface area contributed by atoms with Crippen molar-refractivity contribution >= 4 is 23.3 Å². The van der Waals surface area contributed by atoms with Crippen LogP contribution in [0.15, 0.2) is 5.51 Å². The van der Waals surface area contributed by atoms with Gasteiger partial charge >= 0.3 is 6.03 Å². The van der Waals surface area contributed by atoms with Crippen LogP contribution in [0.5, 0.6) is 0 Å². The highest BCUT2D eigenvalue weighted by Crippen LogP contribution is 2.11. The molecule has 0 atom stereocenters. The SMILES string of the molecule is Cc1ncsc1CCNC(=O)Nc1nn[nH]n1. The molecule has 0 saturated heterocycles. The number of hydrogen-bond acceptors (Lipinski definition) is 6. The molecule has 2 amide bonds. The fraction of sp³-hybridized carbons (Fsp3) is 0.375. The Morgan fingerprint density at radius 1 is 1.59 bits per heavy atom. The standard InChI is InChI=1S/C8H11N7OS/c1-5-6(17-4-10-5)2-3-9-8(16)11-7-12-14-15-13-7/h4H,2-3H2,1H3,(H3,9,11,12,13,14,15,16). The number of aromatic amines is 1. The Morgan fingerprint density at radius 3 is 3.12 bits per heavy atom. The highest BCUT2D eigenvalue weighted by molar-refractivity contribution is 7.09. The highest BCUT2D eigenvalue weighted by Gasteiger charge is 2.05. The number of rotatable bonds is 4. The van der Waals surface area contributed by atoms with Crippen molar-refractivity contribution < 1.29 is 4.79 Å². The monoisotopic (exact) mass is 253 g/mol. The number of tetrazole rings is 1. The number of aromatic nitrogens is 5. The van der Waals surface area contributed by atoms with E-state index in [1.807, 2.05) is 6.92 Å². The van der Waals surface area contributed by atoms with Gasteiger partial charge in [0.2, 0.25) is 0 Å². The van der Waals surface area contributed by atoms with E-state index in [2.05, 4.69) is 36.2 Å². The first-order valence-corrected chi connectivity index (χ1v) is 5.81. The number of urea groups is 1. The quantitative estimate of drug-likeness (QED) is 0.727. The third-order valence-corrected chi connectivity index (χ3v) is 3.05. The molecule has 0 fully saturated rings. The Bertz CT molecular complexity index is 480. The molecule has 0 bridgehead atoms. The van der Waals surface area contributed by atoms with Crippen LogP contribution in [0.1, 0.15) is 10.6 Å². The van der Waals surface area contributed by atoms with Gasteiger partial charge in [0.15, 0.2) is 0 Å². The van der Waals surface area contributed by atoms with Crippen LogP contribution in [-0.2, 0) is 6.42 Å². The van der Waals surface area contributed by atoms with Crippen LogP contribution in [0.25, 0.3) is 0 Å². The molecule has 2 rings (SSSR count). The van der Waals surface area contributed by atoms with Crippen LogP contribution in [0.2, 0.25) is 0 Å². The number of nitrogens with one attached hydrogen (secondary N) is 3. The van der Waals surface area contributed by atoms with Gasteiger partial charge < -0.3 is 5.32 Å². The molecule has 2 aromatic heterocycles. The average Bonchev–Trinajstić information content (AvgIpc) is 2.91. The van der Waals surface area contributed by atoms with Crippen LogP contribution in [-0.4, -0.2) is 38.2 Å². The molecule has 9 heteroatoms. The molecular weight excluding hydrogens is 242 g/mol. The van der Waals surface area contributed by atoms with Gasteiger partial charge in [0, 0.05) is 17.8 Å². The van der Waals surface area contributed by atoms with Crippen molar-refractivity contribution in [3.05, 3.63) is 16.1 Å². The Kier molecular flexibility index (Phi) is 3.60. The maximum absolute atomic E-state index is 11.4. The summed E-state index contributed by atoms with van der Waals surface area (Å²) in [5, 5.41) is 17.9. The Hall–Kier alpha value is -2.03. The third kappa shape index (κ3) is 3.21. The number of hydrogen-bond donors (Lipinski definition) is 3. The first-order chi connectivity index (χ1) is 8.25. The molecule has 17 heavy (non-hydrogen) atoms. The summed E-state index contributed by atoms with van der Waals surface area (Å²) in [4.78, 5) is 16.7. The van der Waals surface area contributed by atoms with Crippen LogP contribution in [0.4, 0.5) is 10.7 Å². The molecular formula is C8H11N7OS. The van der Waals surface area contributed by atoms with Crippen molar-refractivity contribution in [3.8, 4) is 0 Å². The van der Waals surface area contributed by atoms with Gasteiger partial charge in [-0.15, -0.1) is 16.4 Å². The fourth-order valence-corrected chi connectivity index (χ4v) is 2.00. The van der Waals surface area contributed by atoms with Crippen molar-refractivity contribution in [3.63, 3.8) is 0 Å². The zero-order chi connectivity index (χ0) is 12.1. The van der Waals surface area contributed by atoms with Crippen molar-refractivity contribution in [2.24, 2.45) is 0 Å². The Morgan fingerprint density at radius 2 is 2.47 bits per heavy atom. The van der Waals surface area contributed by atoms with E-state index in [9.17, 15) is 4.79 Å². The van der Waals surface area contributed by atoms with E-state index in [0.717, 1.165) is 12.1 Å². The molecule has 0 spiro atoms. The Labute approximate surface area is 101 Å². The van der Waals surface area contributed by atoms with E-state index in [4.69, 9.17) is 0 Å². The second-order valence-corrected chi connectivity index (χ2v) is 4.17. The van der Waals surface area contributed by atoms with Gasteiger partial charge in [0.05, 0.1) is 11.2 Å². The largest absolute Gasteiger partial charge is 0.337 e. The summed E-state index contributed by atoms with van der Waals surface area (Å²) in [6.07, 6.45) is 0.760. The summed E-state index contributed by atoms with van der Waals surface area (Å²) >= 11 is 1.58. The van der Waals surface area contributed by atoms with Gasteiger partial charge in [-0.05, 0) is 12.1 Å². The van der Waals surface area contributed by atoms with Crippen molar-refractivity contribution in [1.82, 2.24) is 30.9 Å². The number of carbonyl (C=O) groups excluding carboxylic acids is 1. The van der Waals surface area contributed by atoms with Gasteiger partial charge in [0.1, 0.15) is 0 Å². The molecule has 0 unspecified atom stereocenters. The minimum atomic E-state index is -0.353. The molecule has 0 aromatic carbocycles. The second kappa shape index (κ2) is 5.34. The number of aryl methyl sites for hydroxylation is 1. The van der Waals surface area contributed by atoms with Gasteiger partial charge in [0.25, 0.3) is 5.95 Å². The topological polar surface area (TPSA) is 108 Å². The van der Waals surface area contributed by atoms with Gasteiger partial charge in [-0.25, -0.2) is 9.78 Å². The molecule has 0 saturated carbocycles. The summed E-state index contributed by atoms with van der Waals surface area (Å²) in [5.41, 5.74) is 2.81. The lowest BCUT2D eigenvalue weighted by atomic mass is 10.3. The molecule has 2 heterocycles. The fourth-order valence-electron chi connectivity index (χ4n) is 1.22. The maximum atomic E-state index is 11.4. The van der Waals surface area contributed by atoms with E-state index >= 15 is 0 Å². The van der Waals surface area contributed by atoms with E-state index in [0.29, 0.717) is 6.54 Å². The van der Waals surface area contributed by atoms with Gasteiger partial charge in [-0.3, -0.25) is 5.32 Å². The summed E-state index contributed by atoms with van der Waals surface area (Å²) in [5.74, 6) is 0.150. The number of carbonyl (C=O) groups is 1. The van der Waals surface area contributed by atoms with Gasteiger partial charge in [-0.1, -0.05) is 5.10 Å². The second-order valence-electron chi connectivity index (χ2n) is 3.23. The zero-order valence-electron chi connectivity index (χ0n) is 9.10. The lowest BCUT2D eigenvalue weighted by molar-refractivity contribution is 0.252. The number of amides is 2. The smallest absolute Gasteiger partial charge is 0.321 e. The maximum Gasteiger partial charge on any atom is 0.321 e. The molecule has 0 aliphatic carbocycles. The van der Waals surface area contributed by atoms with Crippen LogP contribution in [0.3, 0.4) is 0 Å². The molecule has 90 valence electrons. The van der Waals surface area contributed by atoms with Crippen LogP contribution < -0.4 is 10.6 Å². The van der Waals surface area contributed by atoms with E-state index in [1.54, 1.807) is 16.8 Å². The molecule has 3 N–H and O–H groups in total. The van der Waals surface area contributed by atoms with Crippen LogP contribution >= 0.6 is 11.3 Å². The summed E-state index contributed by atoms with van der Waals surface area (Å²) in [7, 11) is 0. The summed E-state index contributed by atoms with van der Waals surface area (Å²) < 4.78 is 0. The highest BCUT2D eigenvalue weighted by atomic mass is 32.1. The average molecular weight is 253 g/mol. The third-order valence-electron chi connectivity index (χ3n) is 2.05. The molecule has 0 aliphatic rings. The Balaban J connectivity index is 1.72. The summed E-state index contributed by atoms with van der Waals surface area (Å²) in [6.45, 7) is 2.48. The van der Waals surface area contributed by atoms with E-state index in [-0.39, 0.29) is 12.0 Å². The predicted octanol–water partition coefficient (Wildman–Crippen LogP) is 0.329. The first kappa shape index (κ1) is 11.5. The van der Waals surface area contributed by atoms with Gasteiger partial charge in [-0.2, -0.15) is 5.21 Å². The lowest BCUT2D eigenvalue weighted by Crippen LogP contribution is -2.30. The minimum absolute atomic E-state index is 0.150. The lowest BCUT2D eigenvalue weighted by Gasteiger charge is -2.03. The normalized spacial score (nSPS) is 10.2. The molecule has 0 radical (unpaired) electrons. The number of H-pyrrole nitrogens is 1. The minimum Gasteiger partial charge on any atom is -0.337 e. The van der Waals surface area contributed by atoms with E-state index < -0.39 is 0 Å². The number of anilines is 1. The number of thiazole rings is 1. The summed E-state index contributed by atoms with van der Waals surface area (Å²) in [6, 6.07) is -0.353. The van der Waals surface area contributed by atoms with E-state index in [1.165, 1.54) is 4.88 Å². The first-order valence-electron chi connectivity index (χ1n) is 4.93. The molecule has 2 aromatic rings. The van der Waals surface area contributed by atoms with Crippen molar-refractivity contribution in [2.75, 3.05) is 11.9 Å². The van der Waals surface area contributed by atoms with Crippen molar-refractivity contribution in [2.45, 2.75) is 13.3 Å².